The molecule has 4 rings (SSSR count). The largest absolute Gasteiger partial charge is 0.496 e. The molecule has 0 N–H and O–H groups in total. The number of alkyl halides is 4. The third kappa shape index (κ3) is 4.43. The van der Waals surface area contributed by atoms with E-state index in [1.165, 1.54) is 49.6 Å². The summed E-state index contributed by atoms with van der Waals surface area (Å²) in [6.45, 7) is 1.53. The summed E-state index contributed by atoms with van der Waals surface area (Å²) in [4.78, 5) is 26.0. The van der Waals surface area contributed by atoms with Gasteiger partial charge in [0.1, 0.15) is 18.1 Å². The molecule has 1 aliphatic carbocycles. The van der Waals surface area contributed by atoms with E-state index in [2.05, 4.69) is 0 Å². The van der Waals surface area contributed by atoms with Gasteiger partial charge in [-0.3, -0.25) is 9.59 Å². The maximum atomic E-state index is 14.9. The Labute approximate surface area is 211 Å². The molecule has 1 aliphatic rings. The second-order valence-corrected chi connectivity index (χ2v) is 8.62. The van der Waals surface area contributed by atoms with Crippen molar-refractivity contribution in [2.24, 2.45) is 0 Å². The Morgan fingerprint density at radius 3 is 2.16 bits per heavy atom. The third-order valence-electron chi connectivity index (χ3n) is 6.40. The lowest BCUT2D eigenvalue weighted by molar-refractivity contribution is -0.323. The van der Waals surface area contributed by atoms with Crippen molar-refractivity contribution in [3.63, 3.8) is 0 Å². The van der Waals surface area contributed by atoms with Gasteiger partial charge in [-0.15, -0.1) is 0 Å². The highest BCUT2D eigenvalue weighted by atomic mass is 19.3. The number of halogens is 4. The first-order chi connectivity index (χ1) is 17.6. The van der Waals surface area contributed by atoms with Crippen molar-refractivity contribution in [2.45, 2.75) is 37.2 Å². The van der Waals surface area contributed by atoms with E-state index in [1.54, 1.807) is 37.3 Å². The van der Waals surface area contributed by atoms with E-state index in [1.807, 2.05) is 0 Å². The molecular formula is C28H24F4O5. The molecule has 3 aromatic rings. The van der Waals surface area contributed by atoms with Crippen LogP contribution in [0.15, 0.2) is 72.8 Å². The number of ketones is 1. The van der Waals surface area contributed by atoms with Crippen LogP contribution >= 0.6 is 0 Å². The summed E-state index contributed by atoms with van der Waals surface area (Å²) in [6.07, 6.45) is -1.40. The number of esters is 1. The Bertz CT molecular complexity index is 1290. The Kier molecular flexibility index (Phi) is 6.99. The van der Waals surface area contributed by atoms with Gasteiger partial charge in [-0.2, -0.15) is 17.6 Å². The van der Waals surface area contributed by atoms with Gasteiger partial charge in [-0.05, 0) is 42.3 Å². The van der Waals surface area contributed by atoms with Gasteiger partial charge in [0.25, 0.3) is 0 Å². The molecule has 1 saturated carbocycles. The summed E-state index contributed by atoms with van der Waals surface area (Å²) < 4.78 is 73.4. The van der Waals surface area contributed by atoms with Crippen LogP contribution in [0.2, 0.25) is 0 Å². The van der Waals surface area contributed by atoms with Gasteiger partial charge in [0.2, 0.25) is 0 Å². The van der Waals surface area contributed by atoms with Crippen LogP contribution in [0.3, 0.4) is 0 Å². The van der Waals surface area contributed by atoms with Crippen molar-refractivity contribution in [1.29, 1.82) is 0 Å². The van der Waals surface area contributed by atoms with Crippen LogP contribution in [-0.4, -0.2) is 37.3 Å². The van der Waals surface area contributed by atoms with Crippen LogP contribution in [0.1, 0.15) is 40.4 Å². The van der Waals surface area contributed by atoms with E-state index >= 15 is 0 Å². The van der Waals surface area contributed by atoms with E-state index < -0.39 is 36.3 Å². The van der Waals surface area contributed by atoms with Gasteiger partial charge < -0.3 is 14.2 Å². The van der Waals surface area contributed by atoms with Gasteiger partial charge in [0, 0.05) is 12.0 Å². The molecule has 1 unspecified atom stereocenters. The SMILES string of the molecule is CCOc1ccc(C2(C(=O)OCc3ccc(OC)c(C(=O)c4ccccc4)c3)CC(F)(F)C2(F)F)cc1. The molecular weight excluding hydrogens is 492 g/mol. The second kappa shape index (κ2) is 9.88. The first-order valence-electron chi connectivity index (χ1n) is 11.5. The predicted octanol–water partition coefficient (Wildman–Crippen LogP) is 5.98. The molecule has 0 amide bonds. The summed E-state index contributed by atoms with van der Waals surface area (Å²) in [6, 6.07) is 17.8. The molecule has 0 bridgehead atoms. The van der Waals surface area contributed by atoms with E-state index in [0.29, 0.717) is 23.5 Å². The van der Waals surface area contributed by atoms with Gasteiger partial charge in [0.15, 0.2) is 11.2 Å². The molecule has 0 spiro atoms. The summed E-state index contributed by atoms with van der Waals surface area (Å²) in [5.41, 5.74) is -2.31. The molecule has 9 heteroatoms. The van der Waals surface area contributed by atoms with Gasteiger partial charge in [0.05, 0.1) is 19.3 Å². The highest BCUT2D eigenvalue weighted by molar-refractivity contribution is 6.10. The molecule has 0 aromatic heterocycles. The number of methoxy groups -OCH3 is 1. The minimum absolute atomic E-state index is 0.170. The summed E-state index contributed by atoms with van der Waals surface area (Å²) in [5, 5.41) is 0. The summed E-state index contributed by atoms with van der Waals surface area (Å²) in [7, 11) is 1.39. The minimum atomic E-state index is -4.67. The van der Waals surface area contributed by atoms with Crippen molar-refractivity contribution in [3.8, 4) is 11.5 Å². The van der Waals surface area contributed by atoms with Crippen LogP contribution in [-0.2, 0) is 21.6 Å². The first-order valence-corrected chi connectivity index (χ1v) is 11.5. The molecule has 37 heavy (non-hydrogen) atoms. The topological polar surface area (TPSA) is 61.8 Å². The highest BCUT2D eigenvalue weighted by Crippen LogP contribution is 2.64. The zero-order valence-electron chi connectivity index (χ0n) is 20.1. The lowest BCUT2D eigenvalue weighted by Crippen LogP contribution is -2.72. The van der Waals surface area contributed by atoms with E-state index in [4.69, 9.17) is 14.2 Å². The minimum Gasteiger partial charge on any atom is -0.496 e. The molecule has 1 atom stereocenters. The van der Waals surface area contributed by atoms with E-state index in [-0.39, 0.29) is 22.7 Å². The third-order valence-corrected chi connectivity index (χ3v) is 6.40. The number of hydrogen-bond donors (Lipinski definition) is 0. The fourth-order valence-electron chi connectivity index (χ4n) is 4.40. The number of ether oxygens (including phenoxy) is 3. The van der Waals surface area contributed by atoms with Crippen LogP contribution < -0.4 is 9.47 Å². The molecule has 3 aromatic carbocycles. The Hall–Kier alpha value is -3.88. The average Bonchev–Trinajstić information content (AvgIpc) is 2.90. The van der Waals surface area contributed by atoms with Crippen molar-refractivity contribution in [3.05, 3.63) is 95.1 Å². The Balaban J connectivity index is 1.61. The zero-order chi connectivity index (χ0) is 26.8. The van der Waals surface area contributed by atoms with Gasteiger partial charge in [-0.25, -0.2) is 0 Å². The van der Waals surface area contributed by atoms with Gasteiger partial charge >= 0.3 is 17.8 Å². The van der Waals surface area contributed by atoms with Crippen molar-refractivity contribution < 1.29 is 41.4 Å². The molecule has 5 nitrogen and oxygen atoms in total. The number of carbonyl (C=O) groups is 2. The van der Waals surface area contributed by atoms with E-state index in [9.17, 15) is 27.2 Å². The quantitative estimate of drug-likeness (QED) is 0.199. The Morgan fingerprint density at radius 2 is 1.59 bits per heavy atom. The van der Waals surface area contributed by atoms with Crippen molar-refractivity contribution in [2.75, 3.05) is 13.7 Å². The smallest absolute Gasteiger partial charge is 0.330 e. The maximum Gasteiger partial charge on any atom is 0.330 e. The molecule has 0 aliphatic heterocycles. The van der Waals surface area contributed by atoms with Crippen LogP contribution in [0.5, 0.6) is 11.5 Å². The maximum absolute atomic E-state index is 14.9. The number of carbonyl (C=O) groups excluding carboxylic acids is 2. The molecule has 1 fully saturated rings. The predicted molar refractivity (Wildman–Crippen MR) is 126 cm³/mol. The van der Waals surface area contributed by atoms with Crippen LogP contribution in [0, 0.1) is 0 Å². The fraction of sp³-hybridized carbons (Fsp3) is 0.286. The normalized spacial score (nSPS) is 19.4. The zero-order valence-corrected chi connectivity index (χ0v) is 20.1. The monoisotopic (exact) mass is 516 g/mol. The highest BCUT2D eigenvalue weighted by Gasteiger charge is 2.84. The molecule has 0 radical (unpaired) electrons. The summed E-state index contributed by atoms with van der Waals surface area (Å²) in [5.74, 6) is -10.3. The number of rotatable bonds is 9. The lowest BCUT2D eigenvalue weighted by Gasteiger charge is -2.51. The molecule has 0 heterocycles. The molecule has 0 saturated heterocycles. The number of hydrogen-bond acceptors (Lipinski definition) is 5. The Morgan fingerprint density at radius 1 is 0.919 bits per heavy atom. The van der Waals surface area contributed by atoms with Crippen LogP contribution in [0.25, 0.3) is 0 Å². The van der Waals surface area contributed by atoms with Crippen LogP contribution in [0.4, 0.5) is 17.6 Å². The second-order valence-electron chi connectivity index (χ2n) is 8.62. The molecule has 194 valence electrons. The standard InChI is InChI=1S/C28H24F4O5/c1-3-36-21-12-10-20(11-13-21)26(17-27(29,30)28(26,31)32)25(34)37-16-18-9-14-23(35-2)22(15-18)24(33)19-7-5-4-6-8-19/h4-15H,3,16-17H2,1-2H3. The average molecular weight is 516 g/mol. The number of benzene rings is 3. The van der Waals surface area contributed by atoms with Crippen molar-refractivity contribution >= 4 is 11.8 Å². The lowest BCUT2D eigenvalue weighted by atomic mass is 9.58. The first kappa shape index (κ1) is 26.2. The van der Waals surface area contributed by atoms with Crippen molar-refractivity contribution in [1.82, 2.24) is 0 Å². The fourth-order valence-corrected chi connectivity index (χ4v) is 4.40. The van der Waals surface area contributed by atoms with Gasteiger partial charge in [-0.1, -0.05) is 48.5 Å². The van der Waals surface area contributed by atoms with E-state index in [0.717, 1.165) is 0 Å². The summed E-state index contributed by atoms with van der Waals surface area (Å²) >= 11 is 0.